The molecule has 0 atom stereocenters. The van der Waals surface area contributed by atoms with Crippen LogP contribution in [0.5, 0.6) is 0 Å². The molecule has 0 unspecified atom stereocenters. The molecule has 2 aromatic carbocycles. The second kappa shape index (κ2) is 7.02. The minimum atomic E-state index is -3.73. The van der Waals surface area contributed by atoms with Gasteiger partial charge in [-0.25, -0.2) is 13.4 Å². The van der Waals surface area contributed by atoms with Crippen LogP contribution in [0, 0.1) is 27.7 Å². The molecule has 0 amide bonds. The van der Waals surface area contributed by atoms with Gasteiger partial charge in [-0.2, -0.15) is 0 Å². The standard InChI is InChI=1S/C19H19ClN2O2S2/c1-11-5-6-15(19-21-10-14(4)25-19)9-17(11)22-26(23,24)18-8-12(2)16(20)7-13(18)3/h5-10,22H,1-4H3. The Hall–Kier alpha value is -1.89. The molecule has 0 saturated heterocycles. The number of rotatable bonds is 4. The SMILES string of the molecule is Cc1cnc(-c2ccc(C)c(NS(=O)(=O)c3cc(C)c(Cl)cc3C)c2)s1. The molecule has 26 heavy (non-hydrogen) atoms. The predicted molar refractivity (Wildman–Crippen MR) is 109 cm³/mol. The Morgan fingerprint density at radius 3 is 2.38 bits per heavy atom. The fourth-order valence-electron chi connectivity index (χ4n) is 2.60. The first-order valence-corrected chi connectivity index (χ1v) is 10.7. The number of nitrogens with one attached hydrogen (secondary N) is 1. The Bertz CT molecular complexity index is 1090. The van der Waals surface area contributed by atoms with Crippen molar-refractivity contribution >= 4 is 38.6 Å². The number of aryl methyl sites for hydroxylation is 4. The maximum atomic E-state index is 12.9. The lowest BCUT2D eigenvalue weighted by atomic mass is 10.1. The van der Waals surface area contributed by atoms with E-state index in [1.54, 1.807) is 37.3 Å². The van der Waals surface area contributed by atoms with Gasteiger partial charge in [0.05, 0.1) is 10.6 Å². The number of benzene rings is 2. The second-order valence-electron chi connectivity index (χ2n) is 6.28. The summed E-state index contributed by atoms with van der Waals surface area (Å²) in [7, 11) is -3.73. The highest BCUT2D eigenvalue weighted by atomic mass is 35.5. The van der Waals surface area contributed by atoms with E-state index in [0.717, 1.165) is 26.6 Å². The molecule has 1 N–H and O–H groups in total. The average Bonchev–Trinajstić information content (AvgIpc) is 2.99. The highest BCUT2D eigenvalue weighted by Gasteiger charge is 2.19. The van der Waals surface area contributed by atoms with Crippen molar-refractivity contribution in [2.24, 2.45) is 0 Å². The van der Waals surface area contributed by atoms with Gasteiger partial charge in [0.25, 0.3) is 10.0 Å². The van der Waals surface area contributed by atoms with E-state index in [1.165, 1.54) is 0 Å². The van der Waals surface area contributed by atoms with Gasteiger partial charge in [0, 0.05) is 21.7 Å². The number of thiazole rings is 1. The van der Waals surface area contributed by atoms with Crippen LogP contribution in [0.25, 0.3) is 10.6 Å². The molecule has 0 saturated carbocycles. The lowest BCUT2D eigenvalue weighted by Gasteiger charge is -2.14. The molecule has 136 valence electrons. The molecule has 0 bridgehead atoms. The summed E-state index contributed by atoms with van der Waals surface area (Å²) in [6.07, 6.45) is 1.81. The Labute approximate surface area is 162 Å². The molecule has 3 rings (SSSR count). The molecule has 4 nitrogen and oxygen atoms in total. The van der Waals surface area contributed by atoms with Gasteiger partial charge in [-0.05, 0) is 62.6 Å². The molecular weight excluding hydrogens is 388 g/mol. The van der Waals surface area contributed by atoms with Gasteiger partial charge in [0.1, 0.15) is 5.01 Å². The predicted octanol–water partition coefficient (Wildman–Crippen LogP) is 5.50. The molecule has 1 aromatic heterocycles. The van der Waals surface area contributed by atoms with E-state index in [4.69, 9.17) is 11.6 Å². The summed E-state index contributed by atoms with van der Waals surface area (Å²) in [4.78, 5) is 5.71. The van der Waals surface area contributed by atoms with Crippen LogP contribution in [0.3, 0.4) is 0 Å². The Kier molecular flexibility index (Phi) is 5.10. The molecule has 3 aromatic rings. The Morgan fingerprint density at radius 1 is 1.00 bits per heavy atom. The summed E-state index contributed by atoms with van der Waals surface area (Å²) in [6, 6.07) is 8.94. The maximum Gasteiger partial charge on any atom is 0.262 e. The lowest BCUT2D eigenvalue weighted by Crippen LogP contribution is -2.15. The summed E-state index contributed by atoms with van der Waals surface area (Å²) >= 11 is 7.66. The minimum Gasteiger partial charge on any atom is -0.279 e. The van der Waals surface area contributed by atoms with Crippen LogP contribution in [-0.4, -0.2) is 13.4 Å². The molecule has 0 aliphatic carbocycles. The molecule has 0 radical (unpaired) electrons. The summed E-state index contributed by atoms with van der Waals surface area (Å²) in [5.74, 6) is 0. The summed E-state index contributed by atoms with van der Waals surface area (Å²) < 4.78 is 28.6. The van der Waals surface area contributed by atoms with Gasteiger partial charge in [-0.1, -0.05) is 23.7 Å². The number of sulfonamides is 1. The number of hydrogen-bond acceptors (Lipinski definition) is 4. The minimum absolute atomic E-state index is 0.231. The normalized spacial score (nSPS) is 11.6. The van der Waals surface area contributed by atoms with E-state index in [9.17, 15) is 8.42 Å². The highest BCUT2D eigenvalue weighted by Crippen LogP contribution is 2.31. The zero-order valence-electron chi connectivity index (χ0n) is 14.9. The van der Waals surface area contributed by atoms with E-state index < -0.39 is 10.0 Å². The van der Waals surface area contributed by atoms with E-state index in [-0.39, 0.29) is 4.90 Å². The van der Waals surface area contributed by atoms with Crippen molar-refractivity contribution in [2.45, 2.75) is 32.6 Å². The van der Waals surface area contributed by atoms with Crippen molar-refractivity contribution < 1.29 is 8.42 Å². The number of anilines is 1. The number of hydrogen-bond donors (Lipinski definition) is 1. The zero-order chi connectivity index (χ0) is 19.1. The fraction of sp³-hybridized carbons (Fsp3) is 0.211. The first-order valence-electron chi connectivity index (χ1n) is 8.00. The van der Waals surface area contributed by atoms with Crippen LogP contribution in [-0.2, 0) is 10.0 Å². The van der Waals surface area contributed by atoms with Crippen molar-refractivity contribution in [1.29, 1.82) is 0 Å². The number of halogens is 1. The Morgan fingerprint density at radius 2 is 1.73 bits per heavy atom. The van der Waals surface area contributed by atoms with E-state index in [2.05, 4.69) is 9.71 Å². The van der Waals surface area contributed by atoms with E-state index in [0.29, 0.717) is 16.3 Å². The smallest absolute Gasteiger partial charge is 0.262 e. The maximum absolute atomic E-state index is 12.9. The van der Waals surface area contributed by atoms with Gasteiger partial charge in [0.2, 0.25) is 0 Å². The largest absolute Gasteiger partial charge is 0.279 e. The number of aromatic nitrogens is 1. The fourth-order valence-corrected chi connectivity index (χ4v) is 5.01. The molecule has 7 heteroatoms. The van der Waals surface area contributed by atoms with Crippen LogP contribution in [0.1, 0.15) is 21.6 Å². The lowest BCUT2D eigenvalue weighted by molar-refractivity contribution is 0.600. The Balaban J connectivity index is 2.01. The van der Waals surface area contributed by atoms with Gasteiger partial charge >= 0.3 is 0 Å². The summed E-state index contributed by atoms with van der Waals surface area (Å²) in [5.41, 5.74) is 3.60. The van der Waals surface area contributed by atoms with Crippen LogP contribution < -0.4 is 4.72 Å². The molecule has 1 heterocycles. The van der Waals surface area contributed by atoms with Crippen molar-refractivity contribution in [3.8, 4) is 10.6 Å². The second-order valence-corrected chi connectivity index (χ2v) is 9.57. The molecule has 0 fully saturated rings. The van der Waals surface area contributed by atoms with Crippen LogP contribution >= 0.6 is 22.9 Å². The monoisotopic (exact) mass is 406 g/mol. The van der Waals surface area contributed by atoms with Crippen LogP contribution in [0.15, 0.2) is 41.4 Å². The highest BCUT2D eigenvalue weighted by molar-refractivity contribution is 7.92. The average molecular weight is 407 g/mol. The third kappa shape index (κ3) is 3.77. The van der Waals surface area contributed by atoms with Crippen molar-refractivity contribution in [3.63, 3.8) is 0 Å². The quantitative estimate of drug-likeness (QED) is 0.622. The van der Waals surface area contributed by atoms with Crippen LogP contribution in [0.4, 0.5) is 5.69 Å². The van der Waals surface area contributed by atoms with E-state index >= 15 is 0 Å². The number of nitrogens with zero attached hydrogens (tertiary/aromatic N) is 1. The van der Waals surface area contributed by atoms with E-state index in [1.807, 2.05) is 38.2 Å². The first kappa shape index (κ1) is 18.9. The van der Waals surface area contributed by atoms with Crippen molar-refractivity contribution in [2.75, 3.05) is 4.72 Å². The molecular formula is C19H19ClN2O2S2. The summed E-state index contributed by atoms with van der Waals surface area (Å²) in [5, 5.41) is 1.42. The van der Waals surface area contributed by atoms with Gasteiger partial charge in [-0.15, -0.1) is 11.3 Å². The van der Waals surface area contributed by atoms with Gasteiger partial charge in [0.15, 0.2) is 0 Å². The molecule has 0 aliphatic heterocycles. The van der Waals surface area contributed by atoms with Crippen molar-refractivity contribution in [1.82, 2.24) is 4.98 Å². The van der Waals surface area contributed by atoms with Gasteiger partial charge < -0.3 is 0 Å². The molecule has 0 spiro atoms. The third-order valence-corrected chi connectivity index (χ3v) is 6.97. The summed E-state index contributed by atoms with van der Waals surface area (Å²) in [6.45, 7) is 7.39. The van der Waals surface area contributed by atoms with Crippen molar-refractivity contribution in [3.05, 3.63) is 63.1 Å². The first-order chi connectivity index (χ1) is 12.2. The topological polar surface area (TPSA) is 59.1 Å². The molecule has 0 aliphatic rings. The zero-order valence-corrected chi connectivity index (χ0v) is 17.3. The third-order valence-electron chi connectivity index (χ3n) is 4.10. The van der Waals surface area contributed by atoms with Gasteiger partial charge in [-0.3, -0.25) is 4.72 Å². The van der Waals surface area contributed by atoms with Crippen LogP contribution in [0.2, 0.25) is 5.02 Å².